The number of methoxy groups -OCH3 is 1. The van der Waals surface area contributed by atoms with E-state index < -0.39 is 0 Å². The van der Waals surface area contributed by atoms with E-state index in [1.807, 2.05) is 30.5 Å². The first kappa shape index (κ1) is 11.1. The fraction of sp³-hybridized carbons (Fsp3) is 0.364. The van der Waals surface area contributed by atoms with Crippen molar-refractivity contribution in [2.45, 2.75) is 12.2 Å². The monoisotopic (exact) mass is 210 g/mol. The number of Topliss-reactive ketones (excluding diaryl/α,β-unsaturated/α-hetero) is 1. The molecule has 0 amide bonds. The molecule has 1 unspecified atom stereocenters. The van der Waals surface area contributed by atoms with Crippen molar-refractivity contribution in [1.29, 1.82) is 0 Å². The van der Waals surface area contributed by atoms with Gasteiger partial charge in [0.15, 0.2) is 0 Å². The number of ketones is 1. The molecule has 0 saturated heterocycles. The highest BCUT2D eigenvalue weighted by atomic mass is 32.2. The minimum atomic E-state index is -0.0786. The van der Waals surface area contributed by atoms with E-state index in [1.54, 1.807) is 25.8 Å². The van der Waals surface area contributed by atoms with Crippen LogP contribution in [0.1, 0.15) is 17.7 Å². The SMILES string of the molecule is COc1cccc(C(SC)C(C)=O)c1. The molecule has 0 saturated carbocycles. The minimum absolute atomic E-state index is 0.0786. The average Bonchev–Trinajstić information content (AvgIpc) is 2.19. The zero-order chi connectivity index (χ0) is 10.6. The maximum absolute atomic E-state index is 11.3. The van der Waals surface area contributed by atoms with E-state index in [2.05, 4.69) is 0 Å². The van der Waals surface area contributed by atoms with Gasteiger partial charge in [-0.1, -0.05) is 12.1 Å². The summed E-state index contributed by atoms with van der Waals surface area (Å²) in [6.07, 6.45) is 1.94. The summed E-state index contributed by atoms with van der Waals surface area (Å²) in [7, 11) is 1.63. The molecule has 0 fully saturated rings. The molecule has 0 bridgehead atoms. The van der Waals surface area contributed by atoms with Crippen LogP contribution in [0.3, 0.4) is 0 Å². The van der Waals surface area contributed by atoms with Crippen LogP contribution in [-0.4, -0.2) is 19.1 Å². The Morgan fingerprint density at radius 3 is 2.71 bits per heavy atom. The predicted molar refractivity (Wildman–Crippen MR) is 59.9 cm³/mol. The van der Waals surface area contributed by atoms with Crippen LogP contribution in [0.4, 0.5) is 0 Å². The standard InChI is InChI=1S/C11H14O2S/c1-8(12)11(14-3)9-5-4-6-10(7-9)13-2/h4-7,11H,1-3H3. The van der Waals surface area contributed by atoms with E-state index in [4.69, 9.17) is 4.74 Å². The summed E-state index contributed by atoms with van der Waals surface area (Å²) in [4.78, 5) is 11.3. The van der Waals surface area contributed by atoms with Gasteiger partial charge in [0.25, 0.3) is 0 Å². The van der Waals surface area contributed by atoms with E-state index in [1.165, 1.54) is 0 Å². The lowest BCUT2D eigenvalue weighted by Crippen LogP contribution is -2.04. The number of benzene rings is 1. The molecule has 0 heterocycles. The lowest BCUT2D eigenvalue weighted by Gasteiger charge is -2.11. The van der Waals surface area contributed by atoms with Crippen LogP contribution in [0.5, 0.6) is 5.75 Å². The van der Waals surface area contributed by atoms with Crippen molar-refractivity contribution in [1.82, 2.24) is 0 Å². The number of thioether (sulfide) groups is 1. The molecule has 0 aromatic heterocycles. The van der Waals surface area contributed by atoms with Gasteiger partial charge in [0.1, 0.15) is 11.5 Å². The molecular formula is C11H14O2S. The number of carbonyl (C=O) groups is 1. The lowest BCUT2D eigenvalue weighted by atomic mass is 10.1. The third-order valence-electron chi connectivity index (χ3n) is 2.00. The Morgan fingerprint density at radius 2 is 2.21 bits per heavy atom. The third kappa shape index (κ3) is 2.51. The van der Waals surface area contributed by atoms with Gasteiger partial charge < -0.3 is 4.74 Å². The molecule has 0 N–H and O–H groups in total. The molecule has 0 aliphatic heterocycles. The number of ether oxygens (including phenoxy) is 1. The normalized spacial score (nSPS) is 12.2. The Morgan fingerprint density at radius 1 is 1.50 bits per heavy atom. The van der Waals surface area contributed by atoms with E-state index in [0.717, 1.165) is 11.3 Å². The molecule has 2 nitrogen and oxygen atoms in total. The van der Waals surface area contributed by atoms with Crippen LogP contribution in [0, 0.1) is 0 Å². The topological polar surface area (TPSA) is 26.3 Å². The summed E-state index contributed by atoms with van der Waals surface area (Å²) in [5, 5.41) is -0.0786. The minimum Gasteiger partial charge on any atom is -0.497 e. The second-order valence-electron chi connectivity index (χ2n) is 3.00. The quantitative estimate of drug-likeness (QED) is 0.764. The van der Waals surface area contributed by atoms with Crippen LogP contribution >= 0.6 is 11.8 Å². The first-order chi connectivity index (χ1) is 6.69. The van der Waals surface area contributed by atoms with Crippen molar-refractivity contribution in [3.8, 4) is 5.75 Å². The van der Waals surface area contributed by atoms with E-state index in [9.17, 15) is 4.79 Å². The summed E-state index contributed by atoms with van der Waals surface area (Å²) in [6, 6.07) is 7.63. The van der Waals surface area contributed by atoms with Gasteiger partial charge in [-0.3, -0.25) is 4.79 Å². The molecule has 14 heavy (non-hydrogen) atoms. The summed E-state index contributed by atoms with van der Waals surface area (Å²) >= 11 is 1.55. The smallest absolute Gasteiger partial charge is 0.147 e. The van der Waals surface area contributed by atoms with Crippen LogP contribution in [0.2, 0.25) is 0 Å². The molecule has 3 heteroatoms. The largest absolute Gasteiger partial charge is 0.497 e. The van der Waals surface area contributed by atoms with Crippen LogP contribution in [-0.2, 0) is 4.79 Å². The van der Waals surface area contributed by atoms with Crippen molar-refractivity contribution in [2.75, 3.05) is 13.4 Å². The Hall–Kier alpha value is -0.960. The highest BCUT2D eigenvalue weighted by Gasteiger charge is 2.15. The van der Waals surface area contributed by atoms with Crippen molar-refractivity contribution in [3.05, 3.63) is 29.8 Å². The average molecular weight is 210 g/mol. The van der Waals surface area contributed by atoms with Gasteiger partial charge >= 0.3 is 0 Å². The third-order valence-corrected chi connectivity index (χ3v) is 3.08. The van der Waals surface area contributed by atoms with Gasteiger partial charge in [-0.05, 0) is 30.9 Å². The van der Waals surface area contributed by atoms with E-state index in [0.29, 0.717) is 0 Å². The van der Waals surface area contributed by atoms with Gasteiger partial charge in [0.05, 0.1) is 12.4 Å². The lowest BCUT2D eigenvalue weighted by molar-refractivity contribution is -0.116. The molecule has 1 aromatic rings. The first-order valence-corrected chi connectivity index (χ1v) is 5.65. The van der Waals surface area contributed by atoms with Crippen LogP contribution in [0.15, 0.2) is 24.3 Å². The zero-order valence-corrected chi connectivity index (χ0v) is 9.43. The first-order valence-electron chi connectivity index (χ1n) is 4.36. The van der Waals surface area contributed by atoms with Gasteiger partial charge in [-0.15, -0.1) is 11.8 Å². The number of hydrogen-bond acceptors (Lipinski definition) is 3. The molecule has 0 aliphatic carbocycles. The van der Waals surface area contributed by atoms with E-state index >= 15 is 0 Å². The van der Waals surface area contributed by atoms with Crippen molar-refractivity contribution in [2.24, 2.45) is 0 Å². The molecular weight excluding hydrogens is 196 g/mol. The fourth-order valence-electron chi connectivity index (χ4n) is 1.34. The van der Waals surface area contributed by atoms with Gasteiger partial charge in [0, 0.05) is 0 Å². The Labute approximate surface area is 88.7 Å². The summed E-state index contributed by atoms with van der Waals surface area (Å²) in [5.41, 5.74) is 1.00. The maximum atomic E-state index is 11.3. The second kappa shape index (κ2) is 5.05. The number of rotatable bonds is 4. The number of carbonyl (C=O) groups excluding carboxylic acids is 1. The molecule has 0 aliphatic rings. The number of hydrogen-bond donors (Lipinski definition) is 0. The second-order valence-corrected chi connectivity index (χ2v) is 3.95. The Kier molecular flexibility index (Phi) is 4.01. The molecule has 1 aromatic carbocycles. The van der Waals surface area contributed by atoms with Gasteiger partial charge in [-0.2, -0.15) is 0 Å². The Balaban J connectivity index is 2.98. The van der Waals surface area contributed by atoms with Crippen molar-refractivity contribution in [3.63, 3.8) is 0 Å². The zero-order valence-electron chi connectivity index (χ0n) is 8.61. The summed E-state index contributed by atoms with van der Waals surface area (Å²) in [5.74, 6) is 0.966. The molecule has 0 radical (unpaired) electrons. The molecule has 0 spiro atoms. The van der Waals surface area contributed by atoms with E-state index in [-0.39, 0.29) is 11.0 Å². The maximum Gasteiger partial charge on any atom is 0.147 e. The predicted octanol–water partition coefficient (Wildman–Crippen LogP) is 2.69. The molecule has 1 atom stereocenters. The summed E-state index contributed by atoms with van der Waals surface area (Å²) in [6.45, 7) is 1.61. The highest BCUT2D eigenvalue weighted by molar-refractivity contribution is 7.99. The fourth-order valence-corrected chi connectivity index (χ4v) is 2.09. The van der Waals surface area contributed by atoms with Gasteiger partial charge in [-0.25, -0.2) is 0 Å². The van der Waals surface area contributed by atoms with Gasteiger partial charge in [0.2, 0.25) is 0 Å². The van der Waals surface area contributed by atoms with Crippen molar-refractivity contribution < 1.29 is 9.53 Å². The molecule has 76 valence electrons. The van der Waals surface area contributed by atoms with Crippen LogP contribution in [0.25, 0.3) is 0 Å². The highest BCUT2D eigenvalue weighted by Crippen LogP contribution is 2.29. The van der Waals surface area contributed by atoms with Crippen LogP contribution < -0.4 is 4.74 Å². The Bertz CT molecular complexity index is 323. The summed E-state index contributed by atoms with van der Waals surface area (Å²) < 4.78 is 5.11. The van der Waals surface area contributed by atoms with Crippen molar-refractivity contribution >= 4 is 17.5 Å². The molecule has 1 rings (SSSR count).